The second-order valence-corrected chi connectivity index (χ2v) is 10.4. The van der Waals surface area contributed by atoms with Gasteiger partial charge in [0.05, 0.1) is 29.3 Å². The van der Waals surface area contributed by atoms with Gasteiger partial charge in [-0.15, -0.1) is 0 Å². The van der Waals surface area contributed by atoms with Gasteiger partial charge in [-0.05, 0) is 61.9 Å². The zero-order valence-electron chi connectivity index (χ0n) is 20.1. The molecule has 3 aromatic rings. The van der Waals surface area contributed by atoms with Gasteiger partial charge in [-0.3, -0.25) is 4.79 Å². The fourth-order valence-electron chi connectivity index (χ4n) is 5.03. The van der Waals surface area contributed by atoms with E-state index < -0.39 is 0 Å². The maximum Gasteiger partial charge on any atom is 0.151 e. The Labute approximate surface area is 221 Å². The lowest BCUT2D eigenvalue weighted by Gasteiger charge is -2.30. The topological polar surface area (TPSA) is 66.3 Å². The van der Waals surface area contributed by atoms with E-state index >= 15 is 0 Å². The Bertz CT molecular complexity index is 1290. The normalized spacial score (nSPS) is 15.5. The van der Waals surface area contributed by atoms with Crippen LogP contribution in [0.3, 0.4) is 0 Å². The van der Waals surface area contributed by atoms with Crippen LogP contribution in [0.2, 0.25) is 10.0 Å². The molecular weight excluding hydrogens is 493 g/mol. The molecule has 2 aliphatic rings. The maximum absolute atomic E-state index is 11.5. The molecule has 2 heterocycles. The third-order valence-corrected chi connectivity index (χ3v) is 7.42. The van der Waals surface area contributed by atoms with Crippen LogP contribution in [-0.2, 0) is 11.2 Å². The van der Waals surface area contributed by atoms with Crippen molar-refractivity contribution < 1.29 is 9.90 Å². The molecule has 0 fully saturated rings. The van der Waals surface area contributed by atoms with Crippen LogP contribution >= 0.6 is 23.2 Å². The molecular formula is C29H29Cl2N3O2. The number of hydrogen-bond donors (Lipinski definition) is 1. The van der Waals surface area contributed by atoms with E-state index in [0.29, 0.717) is 22.2 Å². The van der Waals surface area contributed by atoms with E-state index in [0.717, 1.165) is 91.2 Å². The summed E-state index contributed by atoms with van der Waals surface area (Å²) in [7, 11) is 0. The number of Topliss-reactive ketones (excluding diaryl/α,β-unsaturated/α-hetero) is 1. The fourth-order valence-corrected chi connectivity index (χ4v) is 5.28. The van der Waals surface area contributed by atoms with E-state index in [9.17, 15) is 9.90 Å². The highest BCUT2D eigenvalue weighted by molar-refractivity contribution is 6.31. The highest BCUT2D eigenvalue weighted by Crippen LogP contribution is 2.35. The number of halogens is 2. The van der Waals surface area contributed by atoms with Crippen molar-refractivity contribution in [2.75, 3.05) is 18.0 Å². The molecule has 2 aromatic carbocycles. The summed E-state index contributed by atoms with van der Waals surface area (Å²) in [6.07, 6.45) is 6.43. The molecule has 1 aromatic heterocycles. The molecule has 0 unspecified atom stereocenters. The number of aliphatic hydroxyl groups excluding tert-OH is 1. The van der Waals surface area contributed by atoms with Crippen LogP contribution in [-0.4, -0.2) is 33.9 Å². The molecule has 1 N–H and O–H groups in total. The van der Waals surface area contributed by atoms with Crippen LogP contribution < -0.4 is 4.90 Å². The molecule has 0 saturated heterocycles. The van der Waals surface area contributed by atoms with Crippen LogP contribution in [0.25, 0.3) is 22.5 Å². The summed E-state index contributed by atoms with van der Waals surface area (Å²) >= 11 is 12.3. The molecule has 1 aliphatic heterocycles. The lowest BCUT2D eigenvalue weighted by atomic mass is 10.0. The number of carbonyl (C=O) groups is 1. The van der Waals surface area contributed by atoms with Crippen molar-refractivity contribution in [2.45, 2.75) is 51.4 Å². The first-order chi connectivity index (χ1) is 17.5. The highest BCUT2D eigenvalue weighted by Gasteiger charge is 2.24. The standard InChI is InChI=1S/C29H29Cl2N3O2/c30-22-11-7-19(8-12-22)27-28(20-9-13-23(31)14-10-20)33-29-25(32-27)6-4-16-34(29)15-3-1-2-5-21-17-24(35)18-26(21)36/h7-14,36H,1-6,15-18H2. The molecule has 0 saturated carbocycles. The second kappa shape index (κ2) is 11.0. The third-order valence-electron chi connectivity index (χ3n) is 6.91. The maximum atomic E-state index is 11.5. The first-order valence-electron chi connectivity index (χ1n) is 12.6. The lowest BCUT2D eigenvalue weighted by Crippen LogP contribution is -2.32. The Morgan fingerprint density at radius 2 is 1.47 bits per heavy atom. The van der Waals surface area contributed by atoms with Crippen molar-refractivity contribution in [2.24, 2.45) is 0 Å². The Balaban J connectivity index is 1.36. The van der Waals surface area contributed by atoms with Crippen LogP contribution in [0.5, 0.6) is 0 Å². The van der Waals surface area contributed by atoms with E-state index in [4.69, 9.17) is 33.2 Å². The van der Waals surface area contributed by atoms with Gasteiger partial charge in [-0.2, -0.15) is 0 Å². The number of aromatic nitrogens is 2. The average molecular weight is 522 g/mol. The molecule has 0 atom stereocenters. The van der Waals surface area contributed by atoms with Gasteiger partial charge in [-0.1, -0.05) is 53.9 Å². The Morgan fingerprint density at radius 3 is 2.08 bits per heavy atom. The zero-order chi connectivity index (χ0) is 25.1. The van der Waals surface area contributed by atoms with Gasteiger partial charge < -0.3 is 10.0 Å². The monoisotopic (exact) mass is 521 g/mol. The average Bonchev–Trinajstić information content (AvgIpc) is 3.20. The quantitative estimate of drug-likeness (QED) is 0.309. The number of carbonyl (C=O) groups excluding carboxylic acids is 1. The number of allylic oxidation sites excluding steroid dienone is 2. The molecule has 0 amide bonds. The molecule has 186 valence electrons. The minimum absolute atomic E-state index is 0.125. The number of benzene rings is 2. The van der Waals surface area contributed by atoms with Crippen LogP contribution in [0.1, 0.15) is 50.6 Å². The number of rotatable bonds is 8. The molecule has 1 aliphatic carbocycles. The first kappa shape index (κ1) is 24.8. The van der Waals surface area contributed by atoms with E-state index in [1.807, 2.05) is 48.5 Å². The van der Waals surface area contributed by atoms with E-state index in [-0.39, 0.29) is 12.2 Å². The summed E-state index contributed by atoms with van der Waals surface area (Å²) in [6, 6.07) is 15.5. The van der Waals surface area contributed by atoms with Crippen LogP contribution in [0.4, 0.5) is 5.82 Å². The Morgan fingerprint density at radius 1 is 0.833 bits per heavy atom. The summed E-state index contributed by atoms with van der Waals surface area (Å²) in [5.41, 5.74) is 5.62. The summed E-state index contributed by atoms with van der Waals surface area (Å²) < 4.78 is 0. The van der Waals surface area contributed by atoms with Crippen molar-refractivity contribution in [3.8, 4) is 22.5 Å². The van der Waals surface area contributed by atoms with Gasteiger partial charge >= 0.3 is 0 Å². The minimum atomic E-state index is 0.125. The molecule has 0 bridgehead atoms. The second-order valence-electron chi connectivity index (χ2n) is 9.55. The SMILES string of the molecule is O=C1CC(O)=C(CCCCCN2CCCc3nc(-c4ccc(Cl)cc4)c(-c4ccc(Cl)cc4)nc32)C1. The molecule has 0 spiro atoms. The number of aliphatic hydroxyl groups is 1. The fraction of sp³-hybridized carbons (Fsp3) is 0.345. The van der Waals surface area contributed by atoms with Crippen molar-refractivity contribution in [3.63, 3.8) is 0 Å². The number of fused-ring (bicyclic) bond motifs is 1. The number of aryl methyl sites for hydroxylation is 1. The molecule has 5 nitrogen and oxygen atoms in total. The summed E-state index contributed by atoms with van der Waals surface area (Å²) in [5.74, 6) is 1.39. The van der Waals surface area contributed by atoms with Crippen molar-refractivity contribution >= 4 is 34.8 Å². The van der Waals surface area contributed by atoms with E-state index in [1.54, 1.807) is 0 Å². The van der Waals surface area contributed by atoms with Crippen molar-refractivity contribution in [1.29, 1.82) is 0 Å². The van der Waals surface area contributed by atoms with E-state index in [1.165, 1.54) is 0 Å². The van der Waals surface area contributed by atoms with E-state index in [2.05, 4.69) is 4.90 Å². The highest BCUT2D eigenvalue weighted by atomic mass is 35.5. The number of nitrogens with zero attached hydrogens (tertiary/aromatic N) is 3. The first-order valence-corrected chi connectivity index (χ1v) is 13.3. The summed E-state index contributed by atoms with van der Waals surface area (Å²) in [6.45, 7) is 1.87. The Kier molecular flexibility index (Phi) is 7.59. The molecule has 5 rings (SSSR count). The van der Waals surface area contributed by atoms with Gasteiger partial charge in [0.15, 0.2) is 5.82 Å². The third kappa shape index (κ3) is 5.58. The summed E-state index contributed by atoms with van der Waals surface area (Å²) in [4.78, 5) is 24.2. The van der Waals surface area contributed by atoms with Gasteiger partial charge in [0.2, 0.25) is 0 Å². The Hall–Kier alpha value is -2.89. The van der Waals surface area contributed by atoms with Crippen molar-refractivity contribution in [1.82, 2.24) is 9.97 Å². The van der Waals surface area contributed by atoms with Crippen LogP contribution in [0.15, 0.2) is 59.9 Å². The van der Waals surface area contributed by atoms with Crippen LogP contribution in [0, 0.1) is 0 Å². The largest absolute Gasteiger partial charge is 0.512 e. The van der Waals surface area contributed by atoms with Gasteiger partial charge in [0.1, 0.15) is 5.78 Å². The summed E-state index contributed by atoms with van der Waals surface area (Å²) in [5, 5.41) is 11.3. The minimum Gasteiger partial charge on any atom is -0.512 e. The lowest BCUT2D eigenvalue weighted by molar-refractivity contribution is -0.117. The molecule has 7 heteroatoms. The molecule has 36 heavy (non-hydrogen) atoms. The van der Waals surface area contributed by atoms with Gasteiger partial charge in [-0.25, -0.2) is 9.97 Å². The van der Waals surface area contributed by atoms with Crippen molar-refractivity contribution in [3.05, 3.63) is 75.6 Å². The molecule has 0 radical (unpaired) electrons. The number of unbranched alkanes of at least 4 members (excludes halogenated alkanes) is 2. The number of anilines is 1. The predicted octanol–water partition coefficient (Wildman–Crippen LogP) is 7.61. The smallest absolute Gasteiger partial charge is 0.151 e. The zero-order valence-corrected chi connectivity index (χ0v) is 21.7. The number of hydrogen-bond acceptors (Lipinski definition) is 5. The van der Waals surface area contributed by atoms with Gasteiger partial charge in [0.25, 0.3) is 0 Å². The van der Waals surface area contributed by atoms with Gasteiger partial charge in [0, 0.05) is 40.7 Å². The number of ketones is 1. The predicted molar refractivity (Wildman–Crippen MR) is 146 cm³/mol.